The molecule has 0 radical (unpaired) electrons. The Balaban J connectivity index is 2.12. The van der Waals surface area contributed by atoms with Gasteiger partial charge >= 0.3 is 0 Å². The van der Waals surface area contributed by atoms with Crippen LogP contribution in [0.5, 0.6) is 0 Å². The second-order valence-corrected chi connectivity index (χ2v) is 4.32. The number of hydrogen-bond donors (Lipinski definition) is 0. The summed E-state index contributed by atoms with van der Waals surface area (Å²) in [6.45, 7) is 8.15. The summed E-state index contributed by atoms with van der Waals surface area (Å²) in [6, 6.07) is 4.19. The van der Waals surface area contributed by atoms with Crippen LogP contribution in [0.15, 0.2) is 18.3 Å². The molecule has 1 aliphatic rings. The summed E-state index contributed by atoms with van der Waals surface area (Å²) in [5, 5.41) is 0. The smallest absolute Gasteiger partial charge is 0.0726 e. The molecule has 1 aliphatic heterocycles. The number of pyridine rings is 1. The summed E-state index contributed by atoms with van der Waals surface area (Å²) in [5.74, 6) is 0. The molecule has 82 valence electrons. The Bertz CT molecular complexity index is 313. The van der Waals surface area contributed by atoms with Gasteiger partial charge in [0.05, 0.1) is 24.1 Å². The Morgan fingerprint density at radius 1 is 1.27 bits per heavy atom. The molecule has 1 fully saturated rings. The van der Waals surface area contributed by atoms with Gasteiger partial charge in [-0.05, 0) is 32.9 Å². The summed E-state index contributed by atoms with van der Waals surface area (Å²) in [5.41, 5.74) is 2.26. The average Bonchev–Trinajstić information content (AvgIpc) is 2.17. The van der Waals surface area contributed by atoms with E-state index in [1.54, 1.807) is 0 Å². The van der Waals surface area contributed by atoms with Crippen molar-refractivity contribution in [2.24, 2.45) is 0 Å². The highest BCUT2D eigenvalue weighted by Crippen LogP contribution is 2.19. The average molecular weight is 206 g/mol. The molecule has 0 amide bonds. The van der Waals surface area contributed by atoms with Crippen molar-refractivity contribution in [3.63, 3.8) is 0 Å². The van der Waals surface area contributed by atoms with Crippen LogP contribution in [0.3, 0.4) is 0 Å². The highest BCUT2D eigenvalue weighted by atomic mass is 16.5. The normalized spacial score (nSPS) is 26.7. The van der Waals surface area contributed by atoms with Crippen molar-refractivity contribution in [1.29, 1.82) is 0 Å². The third-order valence-electron chi connectivity index (χ3n) is 2.68. The maximum atomic E-state index is 5.70. The van der Waals surface area contributed by atoms with Crippen molar-refractivity contribution < 1.29 is 4.74 Å². The van der Waals surface area contributed by atoms with E-state index in [1.165, 1.54) is 5.69 Å². The van der Waals surface area contributed by atoms with Crippen molar-refractivity contribution in [1.82, 2.24) is 4.98 Å². The van der Waals surface area contributed by atoms with Gasteiger partial charge in [0.25, 0.3) is 0 Å². The second kappa shape index (κ2) is 4.19. The van der Waals surface area contributed by atoms with Crippen LogP contribution in [-0.4, -0.2) is 30.3 Å². The summed E-state index contributed by atoms with van der Waals surface area (Å²) < 4.78 is 5.70. The number of ether oxygens (including phenoxy) is 1. The molecule has 1 aromatic heterocycles. The monoisotopic (exact) mass is 206 g/mol. The van der Waals surface area contributed by atoms with Crippen LogP contribution in [0.25, 0.3) is 0 Å². The molecule has 0 spiro atoms. The standard InChI is InChI=1S/C12H18N2O/c1-9-4-5-12(6-13-9)14-7-10(2)15-11(3)8-14/h4-6,10-11H,7-8H2,1-3H3. The molecule has 2 unspecified atom stereocenters. The van der Waals surface area contributed by atoms with Gasteiger partial charge in [-0.15, -0.1) is 0 Å². The van der Waals surface area contributed by atoms with E-state index in [0.717, 1.165) is 18.8 Å². The van der Waals surface area contributed by atoms with Crippen molar-refractivity contribution in [2.75, 3.05) is 18.0 Å². The summed E-state index contributed by atoms with van der Waals surface area (Å²) in [4.78, 5) is 6.66. The van der Waals surface area contributed by atoms with Crippen LogP contribution in [0, 0.1) is 6.92 Å². The van der Waals surface area contributed by atoms with E-state index >= 15 is 0 Å². The predicted octanol–water partition coefficient (Wildman–Crippen LogP) is 2.00. The fourth-order valence-corrected chi connectivity index (χ4v) is 2.04. The fourth-order valence-electron chi connectivity index (χ4n) is 2.04. The lowest BCUT2D eigenvalue weighted by atomic mass is 10.2. The molecule has 0 aromatic carbocycles. The first-order valence-corrected chi connectivity index (χ1v) is 5.48. The number of rotatable bonds is 1. The van der Waals surface area contributed by atoms with Gasteiger partial charge in [-0.1, -0.05) is 0 Å². The van der Waals surface area contributed by atoms with Crippen molar-refractivity contribution in [3.8, 4) is 0 Å². The topological polar surface area (TPSA) is 25.4 Å². The highest BCUT2D eigenvalue weighted by molar-refractivity contribution is 5.45. The zero-order valence-electron chi connectivity index (χ0n) is 9.60. The molecule has 2 atom stereocenters. The molecular formula is C12H18N2O. The number of hydrogen-bond acceptors (Lipinski definition) is 3. The quantitative estimate of drug-likeness (QED) is 0.702. The van der Waals surface area contributed by atoms with Gasteiger partial charge in [0, 0.05) is 18.8 Å². The zero-order valence-corrected chi connectivity index (χ0v) is 9.60. The van der Waals surface area contributed by atoms with Gasteiger partial charge in [-0.2, -0.15) is 0 Å². The molecule has 0 saturated carbocycles. The van der Waals surface area contributed by atoms with E-state index in [2.05, 4.69) is 35.9 Å². The Labute approximate surface area is 91.1 Å². The number of nitrogens with zero attached hydrogens (tertiary/aromatic N) is 2. The van der Waals surface area contributed by atoms with Crippen LogP contribution in [-0.2, 0) is 4.74 Å². The molecule has 2 rings (SSSR count). The lowest BCUT2D eigenvalue weighted by Gasteiger charge is -2.36. The molecule has 3 nitrogen and oxygen atoms in total. The van der Waals surface area contributed by atoms with E-state index in [1.807, 2.05) is 13.1 Å². The first-order valence-electron chi connectivity index (χ1n) is 5.48. The van der Waals surface area contributed by atoms with Gasteiger partial charge in [0.1, 0.15) is 0 Å². The molecule has 3 heteroatoms. The number of morpholine rings is 1. The van der Waals surface area contributed by atoms with E-state index < -0.39 is 0 Å². The summed E-state index contributed by atoms with van der Waals surface area (Å²) in [6.07, 6.45) is 2.55. The Morgan fingerprint density at radius 2 is 1.93 bits per heavy atom. The van der Waals surface area contributed by atoms with Gasteiger partial charge in [-0.3, -0.25) is 4.98 Å². The number of anilines is 1. The zero-order chi connectivity index (χ0) is 10.8. The molecule has 0 aliphatic carbocycles. The van der Waals surface area contributed by atoms with Gasteiger partial charge in [0.15, 0.2) is 0 Å². The molecule has 0 N–H and O–H groups in total. The van der Waals surface area contributed by atoms with E-state index in [0.29, 0.717) is 12.2 Å². The maximum absolute atomic E-state index is 5.70. The summed E-state index contributed by atoms with van der Waals surface area (Å²) in [7, 11) is 0. The predicted molar refractivity (Wildman–Crippen MR) is 61.2 cm³/mol. The van der Waals surface area contributed by atoms with E-state index in [9.17, 15) is 0 Å². The van der Waals surface area contributed by atoms with Gasteiger partial charge in [-0.25, -0.2) is 0 Å². The minimum atomic E-state index is 0.301. The lowest BCUT2D eigenvalue weighted by Crippen LogP contribution is -2.45. The first-order chi connectivity index (χ1) is 7.15. The SMILES string of the molecule is Cc1ccc(N2CC(C)OC(C)C2)cn1. The third-order valence-corrected chi connectivity index (χ3v) is 2.68. The van der Waals surface area contributed by atoms with Crippen LogP contribution in [0.4, 0.5) is 5.69 Å². The molecule has 1 saturated heterocycles. The van der Waals surface area contributed by atoms with Crippen LogP contribution in [0.2, 0.25) is 0 Å². The summed E-state index contributed by atoms with van der Waals surface area (Å²) >= 11 is 0. The lowest BCUT2D eigenvalue weighted by molar-refractivity contribution is -0.00523. The van der Waals surface area contributed by atoms with Gasteiger partial charge in [0.2, 0.25) is 0 Å². The highest BCUT2D eigenvalue weighted by Gasteiger charge is 2.22. The Morgan fingerprint density at radius 3 is 2.47 bits per heavy atom. The molecule has 0 bridgehead atoms. The second-order valence-electron chi connectivity index (χ2n) is 4.32. The van der Waals surface area contributed by atoms with Crippen molar-refractivity contribution >= 4 is 5.69 Å². The third kappa shape index (κ3) is 2.48. The minimum Gasteiger partial charge on any atom is -0.372 e. The largest absolute Gasteiger partial charge is 0.372 e. The molecule has 15 heavy (non-hydrogen) atoms. The van der Waals surface area contributed by atoms with E-state index in [4.69, 9.17) is 4.74 Å². The van der Waals surface area contributed by atoms with Crippen LogP contribution in [0.1, 0.15) is 19.5 Å². The van der Waals surface area contributed by atoms with Crippen molar-refractivity contribution in [2.45, 2.75) is 33.0 Å². The minimum absolute atomic E-state index is 0.301. The Hall–Kier alpha value is -1.09. The number of aryl methyl sites for hydroxylation is 1. The first kappa shape index (κ1) is 10.4. The van der Waals surface area contributed by atoms with Crippen LogP contribution < -0.4 is 4.90 Å². The van der Waals surface area contributed by atoms with Gasteiger partial charge < -0.3 is 9.64 Å². The molecular weight excluding hydrogens is 188 g/mol. The number of aromatic nitrogens is 1. The maximum Gasteiger partial charge on any atom is 0.0726 e. The van der Waals surface area contributed by atoms with E-state index in [-0.39, 0.29) is 0 Å². The molecule has 2 heterocycles. The fraction of sp³-hybridized carbons (Fsp3) is 0.583. The Kier molecular flexibility index (Phi) is 2.91. The molecule has 1 aromatic rings. The van der Waals surface area contributed by atoms with Crippen molar-refractivity contribution in [3.05, 3.63) is 24.0 Å². The van der Waals surface area contributed by atoms with Crippen LogP contribution >= 0.6 is 0 Å².